The van der Waals surface area contributed by atoms with E-state index in [1.807, 2.05) is 13.8 Å². The van der Waals surface area contributed by atoms with E-state index in [-0.39, 0.29) is 24.8 Å². The van der Waals surface area contributed by atoms with Gasteiger partial charge in [-0.05, 0) is 51.0 Å². The minimum atomic E-state index is -0.581. The lowest BCUT2D eigenvalue weighted by molar-refractivity contribution is -0.122. The molecule has 29 heavy (non-hydrogen) atoms. The summed E-state index contributed by atoms with van der Waals surface area (Å²) >= 11 is 0. The highest BCUT2D eigenvalue weighted by Crippen LogP contribution is 2.35. The largest absolute Gasteiger partial charge is 0.493 e. The second kappa shape index (κ2) is 8.63. The lowest BCUT2D eigenvalue weighted by Crippen LogP contribution is -2.50. The van der Waals surface area contributed by atoms with Crippen LogP contribution in [0.1, 0.15) is 42.2 Å². The average Bonchev–Trinajstić information content (AvgIpc) is 3.07. The predicted molar refractivity (Wildman–Crippen MR) is 106 cm³/mol. The quantitative estimate of drug-likeness (QED) is 0.771. The summed E-state index contributed by atoms with van der Waals surface area (Å²) in [6, 6.07) is 5.73. The number of hydrogen-bond donors (Lipinski definition) is 1. The molecule has 8 heteroatoms. The van der Waals surface area contributed by atoms with Gasteiger partial charge in [0.2, 0.25) is 5.91 Å². The maximum atomic E-state index is 13.1. The van der Waals surface area contributed by atoms with E-state index in [0.29, 0.717) is 43.1 Å². The first kappa shape index (κ1) is 20.8. The van der Waals surface area contributed by atoms with Crippen LogP contribution in [-0.4, -0.2) is 46.2 Å². The van der Waals surface area contributed by atoms with E-state index in [9.17, 15) is 14.0 Å². The van der Waals surface area contributed by atoms with Crippen molar-refractivity contribution in [2.75, 3.05) is 19.7 Å². The first-order valence-electron chi connectivity index (χ1n) is 9.82. The van der Waals surface area contributed by atoms with Gasteiger partial charge in [-0.1, -0.05) is 0 Å². The Bertz CT molecular complexity index is 881. The fourth-order valence-electron chi connectivity index (χ4n) is 3.89. The third kappa shape index (κ3) is 4.93. The van der Waals surface area contributed by atoms with E-state index in [1.54, 1.807) is 27.9 Å². The third-order valence-electron chi connectivity index (χ3n) is 5.36. The van der Waals surface area contributed by atoms with Crippen LogP contribution in [0, 0.1) is 18.2 Å². The van der Waals surface area contributed by atoms with Crippen molar-refractivity contribution in [1.29, 1.82) is 0 Å². The Morgan fingerprint density at radius 3 is 2.66 bits per heavy atom. The normalized spacial score (nSPS) is 19.2. The van der Waals surface area contributed by atoms with E-state index in [0.717, 1.165) is 6.42 Å². The number of carbonyl (C=O) groups excluding carboxylic acids is 2. The van der Waals surface area contributed by atoms with Crippen LogP contribution in [0.5, 0.6) is 5.75 Å². The molecule has 1 atom stereocenters. The number of aryl methyl sites for hydroxylation is 2. The number of ether oxygens (including phenoxy) is 1. The Hall–Kier alpha value is -2.90. The molecule has 0 spiro atoms. The Morgan fingerprint density at radius 2 is 2.03 bits per heavy atom. The molecule has 0 radical (unpaired) electrons. The molecule has 1 saturated heterocycles. The summed E-state index contributed by atoms with van der Waals surface area (Å²) in [5.74, 6) is -0.366. The van der Waals surface area contributed by atoms with Gasteiger partial charge in [-0.25, -0.2) is 4.39 Å². The molecule has 1 aromatic heterocycles. The smallest absolute Gasteiger partial charge is 0.257 e. The fraction of sp³-hybridized carbons (Fsp3) is 0.476. The molecule has 2 N–H and O–H groups in total. The second-order valence-corrected chi connectivity index (χ2v) is 7.70. The number of halogens is 1. The maximum absolute atomic E-state index is 13.1. The molecule has 2 heterocycles. The summed E-state index contributed by atoms with van der Waals surface area (Å²) in [7, 11) is 0. The lowest BCUT2D eigenvalue weighted by Gasteiger charge is -2.42. The van der Waals surface area contributed by atoms with Crippen LogP contribution in [0.4, 0.5) is 4.39 Å². The van der Waals surface area contributed by atoms with Gasteiger partial charge >= 0.3 is 0 Å². The Kier molecular flexibility index (Phi) is 6.20. The highest BCUT2D eigenvalue weighted by atomic mass is 19.1. The number of amides is 2. The molecule has 1 aliphatic heterocycles. The van der Waals surface area contributed by atoms with Crippen LogP contribution in [0.3, 0.4) is 0 Å². The first-order chi connectivity index (χ1) is 13.8. The van der Waals surface area contributed by atoms with Gasteiger partial charge in [-0.2, -0.15) is 5.10 Å². The number of nitrogens with zero attached hydrogens (tertiary/aromatic N) is 3. The maximum Gasteiger partial charge on any atom is 0.257 e. The van der Waals surface area contributed by atoms with Crippen molar-refractivity contribution < 1.29 is 18.7 Å². The van der Waals surface area contributed by atoms with Crippen LogP contribution >= 0.6 is 0 Å². The third-order valence-corrected chi connectivity index (χ3v) is 5.36. The van der Waals surface area contributed by atoms with Gasteiger partial charge in [0.05, 0.1) is 17.9 Å². The van der Waals surface area contributed by atoms with Crippen LogP contribution in [0.2, 0.25) is 0 Å². The molecule has 7 nitrogen and oxygen atoms in total. The van der Waals surface area contributed by atoms with Gasteiger partial charge in [0.1, 0.15) is 11.6 Å². The highest BCUT2D eigenvalue weighted by molar-refractivity contribution is 5.95. The zero-order chi connectivity index (χ0) is 21.0. The molecule has 156 valence electrons. The van der Waals surface area contributed by atoms with Gasteiger partial charge < -0.3 is 15.4 Å². The number of likely N-dealkylation sites (tertiary alicyclic amines) is 1. The lowest BCUT2D eigenvalue weighted by atomic mass is 9.77. The topological polar surface area (TPSA) is 90.5 Å². The molecule has 1 fully saturated rings. The molecule has 0 bridgehead atoms. The summed E-state index contributed by atoms with van der Waals surface area (Å²) in [6.07, 6.45) is 3.34. The summed E-state index contributed by atoms with van der Waals surface area (Å²) in [5, 5.41) is 4.35. The monoisotopic (exact) mass is 402 g/mol. The number of aromatic nitrogens is 2. The molecule has 0 saturated carbocycles. The van der Waals surface area contributed by atoms with E-state index < -0.39 is 11.3 Å². The second-order valence-electron chi connectivity index (χ2n) is 7.70. The van der Waals surface area contributed by atoms with Gasteiger partial charge in [-0.15, -0.1) is 0 Å². The van der Waals surface area contributed by atoms with Crippen LogP contribution < -0.4 is 10.5 Å². The number of carbonyl (C=O) groups is 2. The number of piperidine rings is 1. The first-order valence-corrected chi connectivity index (χ1v) is 9.82. The van der Waals surface area contributed by atoms with Crippen molar-refractivity contribution >= 4 is 11.8 Å². The summed E-state index contributed by atoms with van der Waals surface area (Å²) < 4.78 is 20.7. The van der Waals surface area contributed by atoms with E-state index >= 15 is 0 Å². The number of hydrogen-bond acceptors (Lipinski definition) is 4. The van der Waals surface area contributed by atoms with E-state index in [4.69, 9.17) is 10.5 Å². The molecule has 0 aliphatic carbocycles. The van der Waals surface area contributed by atoms with Crippen molar-refractivity contribution in [3.63, 3.8) is 0 Å². The molecule has 1 unspecified atom stereocenters. The van der Waals surface area contributed by atoms with Gasteiger partial charge in [-0.3, -0.25) is 14.3 Å². The Balaban J connectivity index is 1.77. The fourth-order valence-corrected chi connectivity index (χ4v) is 3.89. The average molecular weight is 402 g/mol. The number of nitrogens with two attached hydrogens (primary N) is 1. The standard InChI is InChI=1S/C21H27FN4O3/c1-3-26-12-18(15(2)24-26)20(28)25-10-4-9-21(13-25,11-19(23)27)14-29-17-7-5-16(22)6-8-17/h5-8,12H,3-4,9-11,13-14H2,1-2H3,(H2,23,27). The van der Waals surface area contributed by atoms with Crippen molar-refractivity contribution in [3.05, 3.63) is 47.5 Å². The number of primary amides is 1. The minimum Gasteiger partial charge on any atom is -0.493 e. The van der Waals surface area contributed by atoms with Crippen molar-refractivity contribution in [3.8, 4) is 5.75 Å². The van der Waals surface area contributed by atoms with E-state index in [1.165, 1.54) is 12.1 Å². The molecule has 1 aliphatic rings. The number of rotatable bonds is 7. The van der Waals surface area contributed by atoms with Crippen LogP contribution in [0.15, 0.2) is 30.5 Å². The molecular formula is C21H27FN4O3. The zero-order valence-corrected chi connectivity index (χ0v) is 16.9. The number of benzene rings is 1. The minimum absolute atomic E-state index is 0.0995. The molecule has 1 aromatic carbocycles. The molecule has 3 rings (SSSR count). The van der Waals surface area contributed by atoms with Crippen LogP contribution in [-0.2, 0) is 11.3 Å². The van der Waals surface area contributed by atoms with Crippen molar-refractivity contribution in [2.24, 2.45) is 11.1 Å². The molecule has 2 aromatic rings. The highest BCUT2D eigenvalue weighted by Gasteiger charge is 2.40. The Morgan fingerprint density at radius 1 is 1.31 bits per heavy atom. The van der Waals surface area contributed by atoms with Crippen molar-refractivity contribution in [2.45, 2.75) is 39.7 Å². The van der Waals surface area contributed by atoms with Gasteiger partial charge in [0.15, 0.2) is 0 Å². The summed E-state index contributed by atoms with van der Waals surface area (Å²) in [5.41, 5.74) is 6.19. The van der Waals surface area contributed by atoms with E-state index in [2.05, 4.69) is 5.10 Å². The molecule has 2 amide bonds. The van der Waals surface area contributed by atoms with Crippen LogP contribution in [0.25, 0.3) is 0 Å². The predicted octanol–water partition coefficient (Wildman–Crippen LogP) is 2.53. The Labute approximate surface area is 169 Å². The van der Waals surface area contributed by atoms with Gasteiger partial charge in [0, 0.05) is 37.7 Å². The summed E-state index contributed by atoms with van der Waals surface area (Å²) in [4.78, 5) is 26.6. The van der Waals surface area contributed by atoms with Gasteiger partial charge in [0.25, 0.3) is 5.91 Å². The zero-order valence-electron chi connectivity index (χ0n) is 16.9. The molecular weight excluding hydrogens is 375 g/mol. The summed E-state index contributed by atoms with van der Waals surface area (Å²) in [6.45, 7) is 5.66. The van der Waals surface area contributed by atoms with Crippen molar-refractivity contribution in [1.82, 2.24) is 14.7 Å². The SMILES string of the molecule is CCn1cc(C(=O)N2CCCC(COc3ccc(F)cc3)(CC(N)=O)C2)c(C)n1.